The van der Waals surface area contributed by atoms with Gasteiger partial charge in [0, 0.05) is 50.0 Å². The van der Waals surface area contributed by atoms with E-state index in [1.54, 1.807) is 31.4 Å². The third-order valence-electron chi connectivity index (χ3n) is 9.24. The van der Waals surface area contributed by atoms with Crippen molar-refractivity contribution in [1.29, 1.82) is 0 Å². The summed E-state index contributed by atoms with van der Waals surface area (Å²) in [6.07, 6.45) is 4.15. The predicted molar refractivity (Wildman–Crippen MR) is 165 cm³/mol. The predicted octanol–water partition coefficient (Wildman–Crippen LogP) is 6.45. The first-order valence-corrected chi connectivity index (χ1v) is 15.3. The standard InChI is InChI=1S/C34H38ClN3O4/c1-22-23(2)31(42-19-7-16-38-33(39)27-9-4-5-10-28(27)34(38)40)15-13-26(22)30-11-6-8-25-21-36(17-18-37(25)30)24-12-14-29(35)32(20-24)41-3/h4-5,9-10,12-15,20,25,30H,6-8,11,16-19,21H2,1-3H3. The fourth-order valence-electron chi connectivity index (χ4n) is 6.84. The van der Waals surface area contributed by atoms with Gasteiger partial charge in [0.2, 0.25) is 0 Å². The summed E-state index contributed by atoms with van der Waals surface area (Å²) in [5, 5.41) is 0.638. The number of fused-ring (bicyclic) bond motifs is 2. The Bertz CT molecular complexity index is 1470. The van der Waals surface area contributed by atoms with Crippen LogP contribution in [0, 0.1) is 13.8 Å². The highest BCUT2D eigenvalue weighted by atomic mass is 35.5. The molecule has 7 nitrogen and oxygen atoms in total. The number of carbonyl (C=O) groups is 2. The zero-order valence-corrected chi connectivity index (χ0v) is 25.3. The van der Waals surface area contributed by atoms with Crippen LogP contribution in [0.4, 0.5) is 5.69 Å². The van der Waals surface area contributed by atoms with Gasteiger partial charge in [-0.2, -0.15) is 0 Å². The van der Waals surface area contributed by atoms with E-state index in [1.165, 1.54) is 28.9 Å². The van der Waals surface area contributed by atoms with Crippen LogP contribution in [0.25, 0.3) is 0 Å². The van der Waals surface area contributed by atoms with E-state index in [4.69, 9.17) is 21.1 Å². The number of benzene rings is 3. The van der Waals surface area contributed by atoms with E-state index < -0.39 is 0 Å². The van der Waals surface area contributed by atoms with Crippen molar-refractivity contribution >= 4 is 29.1 Å². The van der Waals surface area contributed by atoms with Gasteiger partial charge in [-0.15, -0.1) is 0 Å². The number of amides is 2. The van der Waals surface area contributed by atoms with Gasteiger partial charge in [-0.05, 0) is 86.6 Å². The van der Waals surface area contributed by atoms with Crippen molar-refractivity contribution in [3.8, 4) is 11.5 Å². The minimum atomic E-state index is -0.216. The molecule has 3 aromatic rings. The van der Waals surface area contributed by atoms with Gasteiger partial charge in [0.1, 0.15) is 11.5 Å². The molecular formula is C34H38ClN3O4. The van der Waals surface area contributed by atoms with Gasteiger partial charge in [0.25, 0.3) is 11.8 Å². The molecular weight excluding hydrogens is 550 g/mol. The van der Waals surface area contributed by atoms with Crippen molar-refractivity contribution in [3.63, 3.8) is 0 Å². The zero-order chi connectivity index (χ0) is 29.4. The molecule has 2 saturated heterocycles. The molecule has 42 heavy (non-hydrogen) atoms. The Balaban J connectivity index is 1.08. The van der Waals surface area contributed by atoms with Crippen molar-refractivity contribution in [3.05, 3.63) is 87.4 Å². The van der Waals surface area contributed by atoms with Crippen LogP contribution in [-0.4, -0.2) is 67.6 Å². The molecule has 6 rings (SSSR count). The summed E-state index contributed by atoms with van der Waals surface area (Å²) in [7, 11) is 1.66. The van der Waals surface area contributed by atoms with Gasteiger partial charge >= 0.3 is 0 Å². The maximum absolute atomic E-state index is 12.6. The number of hydrogen-bond donors (Lipinski definition) is 0. The lowest BCUT2D eigenvalue weighted by molar-refractivity contribution is 0.0646. The quantitative estimate of drug-likeness (QED) is 0.223. The summed E-state index contributed by atoms with van der Waals surface area (Å²) in [5.74, 6) is 1.15. The van der Waals surface area contributed by atoms with Gasteiger partial charge in [0.05, 0.1) is 29.9 Å². The first kappa shape index (κ1) is 28.6. The molecule has 220 valence electrons. The summed E-state index contributed by atoms with van der Waals surface area (Å²) in [5.41, 5.74) is 5.96. The highest BCUT2D eigenvalue weighted by molar-refractivity contribution is 6.32. The lowest BCUT2D eigenvalue weighted by Gasteiger charge is -2.49. The molecule has 0 bridgehead atoms. The Kier molecular flexibility index (Phi) is 8.15. The zero-order valence-electron chi connectivity index (χ0n) is 24.6. The molecule has 3 aliphatic rings. The van der Waals surface area contributed by atoms with Crippen LogP contribution in [0.15, 0.2) is 54.6 Å². The van der Waals surface area contributed by atoms with E-state index in [0.29, 0.717) is 47.8 Å². The molecule has 2 unspecified atom stereocenters. The first-order valence-electron chi connectivity index (χ1n) is 14.9. The third-order valence-corrected chi connectivity index (χ3v) is 9.56. The number of piperidine rings is 1. The smallest absolute Gasteiger partial charge is 0.261 e. The van der Waals surface area contributed by atoms with E-state index in [1.807, 2.05) is 12.1 Å². The Morgan fingerprint density at radius 1 is 0.905 bits per heavy atom. The Labute approximate surface area is 253 Å². The summed E-state index contributed by atoms with van der Waals surface area (Å²) < 4.78 is 11.6. The Morgan fingerprint density at radius 3 is 2.40 bits per heavy atom. The molecule has 8 heteroatoms. The van der Waals surface area contributed by atoms with Crippen LogP contribution in [0.3, 0.4) is 0 Å². The molecule has 2 atom stereocenters. The summed E-state index contributed by atoms with van der Waals surface area (Å²) in [6.45, 7) is 8.09. The van der Waals surface area contributed by atoms with E-state index in [2.05, 4.69) is 41.8 Å². The molecule has 3 aliphatic heterocycles. The highest BCUT2D eigenvalue weighted by Crippen LogP contribution is 2.40. The van der Waals surface area contributed by atoms with Crippen molar-refractivity contribution in [2.45, 2.75) is 51.6 Å². The van der Waals surface area contributed by atoms with Crippen molar-refractivity contribution in [1.82, 2.24) is 9.80 Å². The molecule has 0 spiro atoms. The molecule has 0 N–H and O–H groups in total. The fraction of sp³-hybridized carbons (Fsp3) is 0.412. The number of hydrogen-bond acceptors (Lipinski definition) is 6. The van der Waals surface area contributed by atoms with Crippen LogP contribution < -0.4 is 14.4 Å². The lowest BCUT2D eigenvalue weighted by Crippen LogP contribution is -2.56. The number of anilines is 1. The van der Waals surface area contributed by atoms with Gasteiger partial charge < -0.3 is 14.4 Å². The second kappa shape index (κ2) is 12.0. The minimum absolute atomic E-state index is 0.216. The van der Waals surface area contributed by atoms with Crippen LogP contribution in [-0.2, 0) is 0 Å². The van der Waals surface area contributed by atoms with Crippen molar-refractivity contribution in [2.75, 3.05) is 44.8 Å². The van der Waals surface area contributed by atoms with Crippen LogP contribution >= 0.6 is 11.6 Å². The van der Waals surface area contributed by atoms with E-state index in [-0.39, 0.29) is 11.8 Å². The summed E-state index contributed by atoms with van der Waals surface area (Å²) >= 11 is 6.27. The SMILES string of the molecule is COc1cc(N2CCN3C(CCCC3c3ccc(OCCCN4C(=O)c5ccccc5C4=O)c(C)c3C)C2)ccc1Cl. The number of carbonyl (C=O) groups excluding carboxylic acids is 2. The topological polar surface area (TPSA) is 62.3 Å². The maximum atomic E-state index is 12.6. The van der Waals surface area contributed by atoms with E-state index in [0.717, 1.165) is 48.8 Å². The maximum Gasteiger partial charge on any atom is 0.261 e. The molecule has 0 aliphatic carbocycles. The molecule has 0 aromatic heterocycles. The number of ether oxygens (including phenoxy) is 2. The Hall–Kier alpha value is -3.55. The normalized spacial score (nSPS) is 20.5. The largest absolute Gasteiger partial charge is 0.495 e. The number of piperazine rings is 1. The number of nitrogens with zero attached hydrogens (tertiary/aromatic N) is 3. The summed E-state index contributed by atoms with van der Waals surface area (Å²) in [6, 6.07) is 18.3. The number of imide groups is 1. The number of rotatable bonds is 8. The molecule has 2 amide bonds. The number of methoxy groups -OCH3 is 1. The van der Waals surface area contributed by atoms with E-state index in [9.17, 15) is 9.59 Å². The fourth-order valence-corrected chi connectivity index (χ4v) is 7.04. The van der Waals surface area contributed by atoms with Crippen molar-refractivity contribution < 1.29 is 19.1 Å². The second-order valence-electron chi connectivity index (χ2n) is 11.5. The summed E-state index contributed by atoms with van der Waals surface area (Å²) in [4.78, 5) is 31.8. The van der Waals surface area contributed by atoms with Gasteiger partial charge in [-0.25, -0.2) is 0 Å². The number of halogens is 1. The highest BCUT2D eigenvalue weighted by Gasteiger charge is 2.37. The van der Waals surface area contributed by atoms with Crippen LogP contribution in [0.1, 0.15) is 69.1 Å². The van der Waals surface area contributed by atoms with Crippen LogP contribution in [0.2, 0.25) is 5.02 Å². The first-order chi connectivity index (χ1) is 20.4. The average Bonchev–Trinajstić information content (AvgIpc) is 3.26. The Morgan fingerprint density at radius 2 is 1.67 bits per heavy atom. The molecule has 0 saturated carbocycles. The van der Waals surface area contributed by atoms with Gasteiger partial charge in [-0.3, -0.25) is 19.4 Å². The van der Waals surface area contributed by atoms with Gasteiger partial charge in [0.15, 0.2) is 0 Å². The van der Waals surface area contributed by atoms with Crippen molar-refractivity contribution in [2.24, 2.45) is 0 Å². The third kappa shape index (κ3) is 5.25. The monoisotopic (exact) mass is 587 g/mol. The second-order valence-corrected chi connectivity index (χ2v) is 11.9. The lowest BCUT2D eigenvalue weighted by atomic mass is 9.86. The van der Waals surface area contributed by atoms with Gasteiger partial charge in [-0.1, -0.05) is 29.8 Å². The molecule has 3 heterocycles. The average molecular weight is 588 g/mol. The van der Waals surface area contributed by atoms with E-state index >= 15 is 0 Å². The molecule has 2 fully saturated rings. The molecule has 3 aromatic carbocycles. The molecule has 0 radical (unpaired) electrons. The minimum Gasteiger partial charge on any atom is -0.495 e. The van der Waals surface area contributed by atoms with Crippen LogP contribution in [0.5, 0.6) is 11.5 Å².